The minimum Gasteiger partial charge on any atom is -0.465 e. The van der Waals surface area contributed by atoms with Gasteiger partial charge in [0.05, 0.1) is 11.8 Å². The standard InChI is InChI=1S/C19H13F2NO2/c20-16-9-4-10-17(21)18(16)22-19(23)15(12-14-8-5-11-24-14)13-6-2-1-3-7-13/h1-12H,(H,22,23). The van der Waals surface area contributed by atoms with Gasteiger partial charge >= 0.3 is 0 Å². The summed E-state index contributed by atoms with van der Waals surface area (Å²) in [6, 6.07) is 15.6. The fourth-order valence-corrected chi connectivity index (χ4v) is 2.21. The summed E-state index contributed by atoms with van der Waals surface area (Å²) < 4.78 is 32.8. The summed E-state index contributed by atoms with van der Waals surface area (Å²) in [5.74, 6) is -1.86. The van der Waals surface area contributed by atoms with Gasteiger partial charge in [-0.2, -0.15) is 0 Å². The van der Waals surface area contributed by atoms with Gasteiger partial charge in [-0.05, 0) is 35.9 Å². The van der Waals surface area contributed by atoms with Crippen molar-refractivity contribution in [3.63, 3.8) is 0 Å². The minimum absolute atomic E-state index is 0.230. The lowest BCUT2D eigenvalue weighted by Gasteiger charge is -2.10. The summed E-state index contributed by atoms with van der Waals surface area (Å²) >= 11 is 0. The average Bonchev–Trinajstić information content (AvgIpc) is 3.10. The highest BCUT2D eigenvalue weighted by atomic mass is 19.1. The molecule has 1 amide bonds. The number of furan rings is 1. The van der Waals surface area contributed by atoms with Gasteiger partial charge in [0.25, 0.3) is 5.91 Å². The third-order valence-corrected chi connectivity index (χ3v) is 3.36. The molecule has 0 aliphatic rings. The monoisotopic (exact) mass is 325 g/mol. The van der Waals surface area contributed by atoms with Crippen molar-refractivity contribution in [3.05, 3.63) is 89.9 Å². The highest BCUT2D eigenvalue weighted by Gasteiger charge is 2.17. The molecule has 0 spiro atoms. The third kappa shape index (κ3) is 3.41. The van der Waals surface area contributed by atoms with Crippen LogP contribution in [0.4, 0.5) is 14.5 Å². The Morgan fingerprint density at radius 2 is 1.62 bits per heavy atom. The van der Waals surface area contributed by atoms with Crippen molar-refractivity contribution < 1.29 is 18.0 Å². The Labute approximate surface area is 137 Å². The maximum atomic E-state index is 13.8. The molecule has 0 saturated heterocycles. The van der Waals surface area contributed by atoms with Crippen LogP contribution < -0.4 is 5.32 Å². The summed E-state index contributed by atoms with van der Waals surface area (Å²) in [7, 11) is 0. The molecular weight excluding hydrogens is 312 g/mol. The van der Waals surface area contributed by atoms with Crippen LogP contribution in [0.15, 0.2) is 71.3 Å². The van der Waals surface area contributed by atoms with Crippen LogP contribution in [0.5, 0.6) is 0 Å². The van der Waals surface area contributed by atoms with E-state index >= 15 is 0 Å². The fourth-order valence-electron chi connectivity index (χ4n) is 2.21. The van der Waals surface area contributed by atoms with Crippen LogP contribution in [-0.4, -0.2) is 5.91 Å². The first-order valence-electron chi connectivity index (χ1n) is 7.21. The summed E-state index contributed by atoms with van der Waals surface area (Å²) in [5.41, 5.74) is 0.347. The van der Waals surface area contributed by atoms with Crippen LogP contribution in [-0.2, 0) is 4.79 Å². The molecule has 0 saturated carbocycles. The number of amides is 1. The molecule has 0 atom stereocenters. The van der Waals surface area contributed by atoms with Gasteiger partial charge < -0.3 is 9.73 Å². The quantitative estimate of drug-likeness (QED) is 0.704. The molecule has 2 aromatic carbocycles. The maximum Gasteiger partial charge on any atom is 0.256 e. The Balaban J connectivity index is 1.98. The first-order chi connectivity index (χ1) is 11.6. The Bertz CT molecular complexity index is 851. The zero-order chi connectivity index (χ0) is 16.9. The summed E-state index contributed by atoms with van der Waals surface area (Å²) in [4.78, 5) is 12.6. The number of rotatable bonds is 4. The van der Waals surface area contributed by atoms with E-state index in [1.165, 1.54) is 18.4 Å². The number of halogens is 2. The van der Waals surface area contributed by atoms with Gasteiger partial charge in [-0.25, -0.2) is 8.78 Å². The van der Waals surface area contributed by atoms with Gasteiger partial charge in [0.2, 0.25) is 0 Å². The molecule has 1 aromatic heterocycles. The number of nitrogens with one attached hydrogen (secondary N) is 1. The molecule has 0 unspecified atom stereocenters. The Hall–Kier alpha value is -3.21. The van der Waals surface area contributed by atoms with Crippen LogP contribution in [0, 0.1) is 11.6 Å². The first kappa shape index (κ1) is 15.7. The third-order valence-electron chi connectivity index (χ3n) is 3.36. The first-order valence-corrected chi connectivity index (χ1v) is 7.21. The second-order valence-electron chi connectivity index (χ2n) is 4.99. The predicted octanol–water partition coefficient (Wildman–Crippen LogP) is 4.74. The smallest absolute Gasteiger partial charge is 0.256 e. The Morgan fingerprint density at radius 3 is 2.25 bits per heavy atom. The summed E-state index contributed by atoms with van der Waals surface area (Å²) in [6.07, 6.45) is 2.99. The van der Waals surface area contributed by atoms with E-state index in [2.05, 4.69) is 5.32 Å². The van der Waals surface area contributed by atoms with E-state index in [1.54, 1.807) is 36.4 Å². The lowest BCUT2D eigenvalue weighted by Crippen LogP contribution is -2.15. The molecule has 0 bridgehead atoms. The summed E-state index contributed by atoms with van der Waals surface area (Å²) in [5, 5.41) is 2.29. The van der Waals surface area contributed by atoms with Crippen LogP contribution in [0.1, 0.15) is 11.3 Å². The van der Waals surface area contributed by atoms with E-state index in [4.69, 9.17) is 4.42 Å². The van der Waals surface area contributed by atoms with E-state index in [-0.39, 0.29) is 5.57 Å². The van der Waals surface area contributed by atoms with Gasteiger partial charge in [0.15, 0.2) is 0 Å². The SMILES string of the molecule is O=C(Nc1c(F)cccc1F)C(=Cc1ccco1)c1ccccc1. The highest BCUT2D eigenvalue weighted by molar-refractivity contribution is 6.29. The molecule has 5 heteroatoms. The average molecular weight is 325 g/mol. The van der Waals surface area contributed by atoms with Crippen molar-refractivity contribution in [1.82, 2.24) is 0 Å². The van der Waals surface area contributed by atoms with Gasteiger partial charge in [0.1, 0.15) is 23.1 Å². The number of anilines is 1. The van der Waals surface area contributed by atoms with E-state index < -0.39 is 23.2 Å². The molecular formula is C19H13F2NO2. The molecule has 0 fully saturated rings. The van der Waals surface area contributed by atoms with E-state index in [0.717, 1.165) is 12.1 Å². The number of hydrogen-bond donors (Lipinski definition) is 1. The van der Waals surface area contributed by atoms with Crippen LogP contribution in [0.25, 0.3) is 11.6 Å². The lowest BCUT2D eigenvalue weighted by molar-refractivity contribution is -0.111. The fraction of sp³-hybridized carbons (Fsp3) is 0. The molecule has 1 heterocycles. The van der Waals surface area contributed by atoms with Gasteiger partial charge in [-0.1, -0.05) is 36.4 Å². The van der Waals surface area contributed by atoms with Crippen molar-refractivity contribution >= 4 is 23.2 Å². The van der Waals surface area contributed by atoms with Gasteiger partial charge in [-0.15, -0.1) is 0 Å². The van der Waals surface area contributed by atoms with Crippen molar-refractivity contribution in [3.8, 4) is 0 Å². The normalized spacial score (nSPS) is 11.3. The number of para-hydroxylation sites is 1. The van der Waals surface area contributed by atoms with Crippen molar-refractivity contribution in [1.29, 1.82) is 0 Å². The molecule has 0 aliphatic heterocycles. The van der Waals surface area contributed by atoms with Crippen LogP contribution in [0.3, 0.4) is 0 Å². The number of carbonyl (C=O) groups is 1. The Morgan fingerprint density at radius 1 is 0.917 bits per heavy atom. The van der Waals surface area contributed by atoms with Crippen molar-refractivity contribution in [2.75, 3.05) is 5.32 Å². The van der Waals surface area contributed by atoms with Crippen LogP contribution >= 0.6 is 0 Å². The second-order valence-corrected chi connectivity index (χ2v) is 4.99. The van der Waals surface area contributed by atoms with Crippen LogP contribution in [0.2, 0.25) is 0 Å². The highest BCUT2D eigenvalue weighted by Crippen LogP contribution is 2.23. The van der Waals surface area contributed by atoms with E-state index in [9.17, 15) is 13.6 Å². The molecule has 120 valence electrons. The number of hydrogen-bond acceptors (Lipinski definition) is 2. The molecule has 3 aromatic rings. The molecule has 0 aliphatic carbocycles. The zero-order valence-electron chi connectivity index (χ0n) is 12.5. The molecule has 3 rings (SSSR count). The molecule has 3 nitrogen and oxygen atoms in total. The topological polar surface area (TPSA) is 42.2 Å². The van der Waals surface area contributed by atoms with Crippen molar-refractivity contribution in [2.24, 2.45) is 0 Å². The lowest BCUT2D eigenvalue weighted by atomic mass is 10.0. The summed E-state index contributed by atoms with van der Waals surface area (Å²) in [6.45, 7) is 0. The maximum absolute atomic E-state index is 13.8. The molecule has 0 radical (unpaired) electrons. The second kappa shape index (κ2) is 6.91. The zero-order valence-corrected chi connectivity index (χ0v) is 12.5. The van der Waals surface area contributed by atoms with E-state index in [1.807, 2.05) is 6.07 Å². The largest absolute Gasteiger partial charge is 0.465 e. The number of benzene rings is 2. The van der Waals surface area contributed by atoms with Crippen molar-refractivity contribution in [2.45, 2.75) is 0 Å². The van der Waals surface area contributed by atoms with Gasteiger partial charge in [-0.3, -0.25) is 4.79 Å². The van der Waals surface area contributed by atoms with E-state index in [0.29, 0.717) is 11.3 Å². The molecule has 1 N–H and O–H groups in total. The van der Waals surface area contributed by atoms with Gasteiger partial charge in [0, 0.05) is 0 Å². The Kier molecular flexibility index (Phi) is 4.52. The predicted molar refractivity (Wildman–Crippen MR) is 88.0 cm³/mol. The molecule has 24 heavy (non-hydrogen) atoms. The number of carbonyl (C=O) groups excluding carboxylic acids is 1. The minimum atomic E-state index is -0.839.